The van der Waals surface area contributed by atoms with E-state index < -0.39 is 5.97 Å². The Morgan fingerprint density at radius 3 is 2.58 bits per heavy atom. The first kappa shape index (κ1) is 10.6. The molecule has 0 saturated carbocycles. The van der Waals surface area contributed by atoms with E-state index in [0.29, 0.717) is 0 Å². The van der Waals surface area contributed by atoms with E-state index in [1.54, 1.807) is 13.0 Å². The first-order chi connectivity index (χ1) is 5.57. The van der Waals surface area contributed by atoms with Gasteiger partial charge in [-0.05, 0) is 6.92 Å². The van der Waals surface area contributed by atoms with Crippen LogP contribution in [0.3, 0.4) is 0 Å². The molecule has 0 saturated heterocycles. The van der Waals surface area contributed by atoms with Gasteiger partial charge in [-0.3, -0.25) is 9.59 Å². The van der Waals surface area contributed by atoms with Crippen LogP contribution in [0.15, 0.2) is 0 Å². The Labute approximate surface area is 71.1 Å². The molecular weight excluding hydrogens is 158 g/mol. The number of nitriles is 1. The second-order valence-corrected chi connectivity index (χ2v) is 2.53. The molecule has 0 bridgehead atoms. The minimum absolute atomic E-state index is 0.0280. The summed E-state index contributed by atoms with van der Waals surface area (Å²) in [4.78, 5) is 21.3. The molecule has 4 nitrogen and oxygen atoms in total. The fourth-order valence-electron chi connectivity index (χ4n) is 0.451. The Balaban J connectivity index is 3.63. The van der Waals surface area contributed by atoms with Crippen LogP contribution in [0.1, 0.15) is 20.3 Å². The summed E-state index contributed by atoms with van der Waals surface area (Å²) >= 11 is 0. The molecule has 0 aliphatic carbocycles. The molecule has 66 valence electrons. The smallest absolute Gasteiger partial charge is 0.320 e. The van der Waals surface area contributed by atoms with E-state index in [1.165, 1.54) is 6.92 Å². The third kappa shape index (κ3) is 4.45. The van der Waals surface area contributed by atoms with Crippen molar-refractivity contribution < 1.29 is 14.3 Å². The highest BCUT2D eigenvalue weighted by Crippen LogP contribution is 1.98. The van der Waals surface area contributed by atoms with Crippen molar-refractivity contribution >= 4 is 11.8 Å². The number of carbonyl (C=O) groups excluding carboxylic acids is 2. The average molecular weight is 169 g/mol. The molecule has 0 spiro atoms. The largest absolute Gasteiger partial charge is 0.464 e. The Morgan fingerprint density at radius 1 is 1.58 bits per heavy atom. The SMILES string of the molecule is CC(=O)C(C)COC(=O)CC#N. The summed E-state index contributed by atoms with van der Waals surface area (Å²) in [5.41, 5.74) is 0. The van der Waals surface area contributed by atoms with E-state index in [0.717, 1.165) is 0 Å². The van der Waals surface area contributed by atoms with Crippen molar-refractivity contribution in [1.82, 2.24) is 0 Å². The molecule has 12 heavy (non-hydrogen) atoms. The predicted molar refractivity (Wildman–Crippen MR) is 41.0 cm³/mol. The van der Waals surface area contributed by atoms with Crippen LogP contribution in [0.5, 0.6) is 0 Å². The number of rotatable bonds is 4. The number of Topliss-reactive ketones (excluding diaryl/α,β-unsaturated/α-hetero) is 1. The number of carbonyl (C=O) groups is 2. The second-order valence-electron chi connectivity index (χ2n) is 2.53. The van der Waals surface area contributed by atoms with Gasteiger partial charge in [-0.15, -0.1) is 0 Å². The Morgan fingerprint density at radius 2 is 2.17 bits per heavy atom. The molecule has 0 aliphatic rings. The number of hydrogen-bond acceptors (Lipinski definition) is 4. The molecular formula is C8H11NO3. The van der Waals surface area contributed by atoms with Crippen LogP contribution < -0.4 is 0 Å². The lowest BCUT2D eigenvalue weighted by Crippen LogP contribution is -2.16. The van der Waals surface area contributed by atoms with Gasteiger partial charge in [0.15, 0.2) is 0 Å². The summed E-state index contributed by atoms with van der Waals surface area (Å²) in [6.07, 6.45) is -0.259. The van der Waals surface area contributed by atoms with Gasteiger partial charge < -0.3 is 4.74 Å². The molecule has 0 N–H and O–H groups in total. The Hall–Kier alpha value is -1.37. The maximum absolute atomic E-state index is 10.7. The van der Waals surface area contributed by atoms with E-state index in [-0.39, 0.29) is 24.7 Å². The third-order valence-electron chi connectivity index (χ3n) is 1.41. The highest BCUT2D eigenvalue weighted by molar-refractivity contribution is 5.78. The molecule has 0 amide bonds. The van der Waals surface area contributed by atoms with Gasteiger partial charge >= 0.3 is 5.97 Å². The molecule has 0 aromatic rings. The summed E-state index contributed by atoms with van der Waals surface area (Å²) in [5, 5.41) is 8.09. The lowest BCUT2D eigenvalue weighted by atomic mass is 10.1. The van der Waals surface area contributed by atoms with Gasteiger partial charge in [-0.2, -0.15) is 5.26 Å². The first-order valence-electron chi connectivity index (χ1n) is 3.61. The predicted octanol–water partition coefficient (Wildman–Crippen LogP) is 0.668. The molecule has 1 unspecified atom stereocenters. The number of esters is 1. The van der Waals surface area contributed by atoms with Crippen LogP contribution in [-0.4, -0.2) is 18.4 Å². The monoisotopic (exact) mass is 169 g/mol. The normalized spacial score (nSPS) is 11.4. The molecule has 1 atom stereocenters. The highest BCUT2D eigenvalue weighted by Gasteiger charge is 2.10. The summed E-state index contributed by atoms with van der Waals surface area (Å²) in [7, 11) is 0. The van der Waals surface area contributed by atoms with Gasteiger partial charge in [0.1, 0.15) is 18.8 Å². The maximum Gasteiger partial charge on any atom is 0.320 e. The van der Waals surface area contributed by atoms with E-state index in [2.05, 4.69) is 4.74 Å². The van der Waals surface area contributed by atoms with Crippen LogP contribution in [-0.2, 0) is 14.3 Å². The quantitative estimate of drug-likeness (QED) is 0.580. The van der Waals surface area contributed by atoms with Crippen molar-refractivity contribution in [3.63, 3.8) is 0 Å². The molecule has 0 aromatic carbocycles. The van der Waals surface area contributed by atoms with E-state index in [4.69, 9.17) is 5.26 Å². The zero-order valence-electron chi connectivity index (χ0n) is 7.16. The van der Waals surface area contributed by atoms with Crippen LogP contribution in [0, 0.1) is 17.2 Å². The van der Waals surface area contributed by atoms with Gasteiger partial charge in [0.05, 0.1) is 6.07 Å². The first-order valence-corrected chi connectivity index (χ1v) is 3.61. The number of ketones is 1. The van der Waals surface area contributed by atoms with Crippen molar-refractivity contribution in [2.45, 2.75) is 20.3 Å². The summed E-state index contributed by atoms with van der Waals surface area (Å²) < 4.78 is 4.62. The standard InChI is InChI=1S/C8H11NO3/c1-6(7(2)10)5-12-8(11)3-4-9/h6H,3,5H2,1-2H3. The van der Waals surface area contributed by atoms with E-state index in [9.17, 15) is 9.59 Å². The van der Waals surface area contributed by atoms with Crippen molar-refractivity contribution in [2.24, 2.45) is 5.92 Å². The zero-order valence-corrected chi connectivity index (χ0v) is 7.16. The molecule has 0 radical (unpaired) electrons. The summed E-state index contributed by atoms with van der Waals surface area (Å²) in [6.45, 7) is 3.17. The van der Waals surface area contributed by atoms with Gasteiger partial charge in [0.2, 0.25) is 0 Å². The molecule has 0 aromatic heterocycles. The van der Waals surface area contributed by atoms with Crippen LogP contribution in [0.2, 0.25) is 0 Å². The molecule has 4 heteroatoms. The van der Waals surface area contributed by atoms with Crippen LogP contribution in [0.25, 0.3) is 0 Å². The highest BCUT2D eigenvalue weighted by atomic mass is 16.5. The van der Waals surface area contributed by atoms with Gasteiger partial charge in [0.25, 0.3) is 0 Å². The van der Waals surface area contributed by atoms with E-state index in [1.807, 2.05) is 0 Å². The fourth-order valence-corrected chi connectivity index (χ4v) is 0.451. The van der Waals surface area contributed by atoms with Crippen molar-refractivity contribution in [1.29, 1.82) is 5.26 Å². The lowest BCUT2D eigenvalue weighted by Gasteiger charge is -2.06. The van der Waals surface area contributed by atoms with Gasteiger partial charge in [-0.25, -0.2) is 0 Å². The van der Waals surface area contributed by atoms with Crippen molar-refractivity contribution in [3.05, 3.63) is 0 Å². The second kappa shape index (κ2) is 5.30. The zero-order chi connectivity index (χ0) is 9.56. The minimum Gasteiger partial charge on any atom is -0.464 e. The molecule has 0 fully saturated rings. The maximum atomic E-state index is 10.7. The molecule has 0 aliphatic heterocycles. The molecule has 0 heterocycles. The number of nitrogens with zero attached hydrogens (tertiary/aromatic N) is 1. The van der Waals surface area contributed by atoms with E-state index >= 15 is 0 Å². The average Bonchev–Trinajstić information content (AvgIpc) is 2.00. The lowest BCUT2D eigenvalue weighted by molar-refractivity contribution is -0.144. The van der Waals surface area contributed by atoms with Crippen LogP contribution >= 0.6 is 0 Å². The Kier molecular flexibility index (Phi) is 4.70. The number of ether oxygens (including phenoxy) is 1. The van der Waals surface area contributed by atoms with Gasteiger partial charge in [-0.1, -0.05) is 6.92 Å². The van der Waals surface area contributed by atoms with Crippen molar-refractivity contribution in [3.8, 4) is 6.07 Å². The number of hydrogen-bond donors (Lipinski definition) is 0. The fraction of sp³-hybridized carbons (Fsp3) is 0.625. The molecule has 0 rings (SSSR count). The van der Waals surface area contributed by atoms with Crippen molar-refractivity contribution in [2.75, 3.05) is 6.61 Å². The summed E-state index contributed by atoms with van der Waals surface area (Å²) in [6, 6.07) is 1.66. The van der Waals surface area contributed by atoms with Crippen LogP contribution in [0.4, 0.5) is 0 Å². The Bertz CT molecular complexity index is 217. The topological polar surface area (TPSA) is 67.2 Å². The minimum atomic E-state index is -0.578. The summed E-state index contributed by atoms with van der Waals surface area (Å²) in [5.74, 6) is -0.891. The third-order valence-corrected chi connectivity index (χ3v) is 1.41. The van der Waals surface area contributed by atoms with Gasteiger partial charge in [0, 0.05) is 5.92 Å².